The second-order valence-corrected chi connectivity index (χ2v) is 6.31. The monoisotopic (exact) mass is 409 g/mol. The third kappa shape index (κ3) is 7.06. The molecule has 0 heterocycles. The highest BCUT2D eigenvalue weighted by atomic mass is 19.1. The molecule has 156 valence electrons. The van der Waals surface area contributed by atoms with Gasteiger partial charge in [0.15, 0.2) is 5.69 Å². The van der Waals surface area contributed by atoms with E-state index in [4.69, 9.17) is 11.1 Å². The van der Waals surface area contributed by atoms with Gasteiger partial charge in [-0.1, -0.05) is 17.2 Å². The van der Waals surface area contributed by atoms with E-state index in [1.165, 1.54) is 18.3 Å². The molecule has 2 aromatic carbocycles. The van der Waals surface area contributed by atoms with Crippen LogP contribution in [0.4, 0.5) is 15.8 Å². The molecule has 0 spiro atoms. The molecule has 0 aromatic heterocycles. The smallest absolute Gasteiger partial charge is 0.259 e. The van der Waals surface area contributed by atoms with Crippen molar-refractivity contribution < 1.29 is 14.6 Å². The zero-order chi connectivity index (χ0) is 21.8. The molecule has 8 heteroatoms. The lowest BCUT2D eigenvalue weighted by atomic mass is 10.1. The molecule has 0 unspecified atom stereocenters. The zero-order valence-electron chi connectivity index (χ0n) is 16.8. The number of halogens is 1. The number of carbonyl (C=O) groups excluding carboxylic acids is 1. The Kier molecular flexibility index (Phi) is 9.08. The minimum atomic E-state index is -0.311. The molecule has 7 nitrogen and oxygen atoms in total. The average Bonchev–Trinajstić information content (AvgIpc) is 2.76. The molecular weight excluding hydrogens is 383 g/mol. The highest BCUT2D eigenvalue weighted by Crippen LogP contribution is 2.14. The number of hydrogen-bond acceptors (Lipinski definition) is 5. The molecule has 0 bridgehead atoms. The van der Waals surface area contributed by atoms with E-state index in [-0.39, 0.29) is 11.7 Å². The molecule has 0 atom stereocenters. The third-order valence-electron chi connectivity index (χ3n) is 4.24. The van der Waals surface area contributed by atoms with Crippen molar-refractivity contribution in [3.63, 3.8) is 0 Å². The second-order valence-electron chi connectivity index (χ2n) is 6.31. The van der Waals surface area contributed by atoms with Gasteiger partial charge in [0, 0.05) is 43.7 Å². The Morgan fingerprint density at radius 3 is 2.63 bits per heavy atom. The van der Waals surface area contributed by atoms with Crippen molar-refractivity contribution in [2.24, 2.45) is 15.8 Å². The summed E-state index contributed by atoms with van der Waals surface area (Å²) in [5, 5.41) is 11.0. The quantitative estimate of drug-likeness (QED) is 0.243. The van der Waals surface area contributed by atoms with E-state index in [9.17, 15) is 9.18 Å². The Labute approximate surface area is 175 Å². The van der Waals surface area contributed by atoms with E-state index in [1.807, 2.05) is 19.1 Å². The summed E-state index contributed by atoms with van der Waals surface area (Å²) >= 11 is 0. The standard InChI is InChI=1S/C22H25FN6O/c1-2-29(22(30)20-5-3-4-6-21(20)28-27-15-13-24)16-12-18(25)11-14-26-19-9-7-17(23)8-10-19/h3-11,13-15,24,28H,2,12,16,25H2,1H3/p+1. The first-order chi connectivity index (χ1) is 14.5. The van der Waals surface area contributed by atoms with Gasteiger partial charge in [-0.15, -0.1) is 0 Å². The van der Waals surface area contributed by atoms with E-state index in [2.05, 4.69) is 10.1 Å². The van der Waals surface area contributed by atoms with Crippen LogP contribution >= 0.6 is 0 Å². The van der Waals surface area contributed by atoms with Gasteiger partial charge < -0.3 is 16.0 Å². The molecule has 0 saturated heterocycles. The predicted molar refractivity (Wildman–Crippen MR) is 118 cm³/mol. The van der Waals surface area contributed by atoms with Crippen molar-refractivity contribution in [1.29, 1.82) is 5.41 Å². The number of allylic oxidation sites excluding steroid dienone is 1. The molecule has 0 aliphatic carbocycles. The molecule has 2 rings (SSSR count). The van der Waals surface area contributed by atoms with Crippen LogP contribution in [0.5, 0.6) is 0 Å². The number of nitrogens with one attached hydrogen (secondary N) is 1. The number of nitrogens with two attached hydrogens (primary N) is 2. The van der Waals surface area contributed by atoms with Gasteiger partial charge in [-0.25, -0.2) is 4.39 Å². The van der Waals surface area contributed by atoms with Gasteiger partial charge in [0.1, 0.15) is 17.6 Å². The first-order valence-electron chi connectivity index (χ1n) is 9.53. The lowest BCUT2D eigenvalue weighted by molar-refractivity contribution is -0.577. The molecule has 5 N–H and O–H groups in total. The van der Waals surface area contributed by atoms with Gasteiger partial charge >= 0.3 is 0 Å². The SMILES string of the molecule is CCN(CCC(N)=CC=Nc1ccc(F)cc1)C(=O)c1ccccc1[NH2+]N=CC=N. The molecule has 2 aromatic rings. The number of hydrogen-bond donors (Lipinski definition) is 3. The van der Waals surface area contributed by atoms with Crippen molar-refractivity contribution in [1.82, 2.24) is 4.90 Å². The summed E-state index contributed by atoms with van der Waals surface area (Å²) in [4.78, 5) is 18.9. The van der Waals surface area contributed by atoms with Gasteiger partial charge in [-0.05, 0) is 43.3 Å². The number of carbonyl (C=O) groups is 1. The van der Waals surface area contributed by atoms with Gasteiger partial charge in [-0.3, -0.25) is 9.79 Å². The molecule has 0 fully saturated rings. The summed E-state index contributed by atoms with van der Waals surface area (Å²) in [6.45, 7) is 2.90. The van der Waals surface area contributed by atoms with E-state index in [1.54, 1.807) is 46.9 Å². The van der Waals surface area contributed by atoms with Crippen molar-refractivity contribution in [3.05, 3.63) is 71.7 Å². The maximum atomic E-state index is 13.0. The lowest BCUT2D eigenvalue weighted by Gasteiger charge is -2.21. The lowest BCUT2D eigenvalue weighted by Crippen LogP contribution is -2.71. The largest absolute Gasteiger partial charge is 0.402 e. The summed E-state index contributed by atoms with van der Waals surface area (Å²) in [6, 6.07) is 13.0. The Bertz CT molecular complexity index is 937. The maximum absolute atomic E-state index is 13.0. The average molecular weight is 409 g/mol. The van der Waals surface area contributed by atoms with Crippen LogP contribution in [0, 0.1) is 11.2 Å². The maximum Gasteiger partial charge on any atom is 0.259 e. The third-order valence-corrected chi connectivity index (χ3v) is 4.24. The van der Waals surface area contributed by atoms with Crippen molar-refractivity contribution in [2.75, 3.05) is 13.1 Å². The van der Waals surface area contributed by atoms with Crippen LogP contribution in [0.25, 0.3) is 0 Å². The first-order valence-corrected chi connectivity index (χ1v) is 9.53. The fraction of sp³-hybridized carbons (Fsp3) is 0.182. The summed E-state index contributed by atoms with van der Waals surface area (Å²) in [5.41, 5.74) is 10.0. The summed E-state index contributed by atoms with van der Waals surface area (Å²) in [5.74, 6) is -0.420. The highest BCUT2D eigenvalue weighted by Gasteiger charge is 2.19. The zero-order valence-corrected chi connectivity index (χ0v) is 16.8. The van der Waals surface area contributed by atoms with Crippen LogP contribution in [0.1, 0.15) is 23.7 Å². The van der Waals surface area contributed by atoms with Crippen LogP contribution in [0.15, 0.2) is 70.4 Å². The normalized spacial score (nSPS) is 11.9. The van der Waals surface area contributed by atoms with Crippen molar-refractivity contribution in [3.8, 4) is 0 Å². The van der Waals surface area contributed by atoms with Crippen LogP contribution in [-0.4, -0.2) is 42.5 Å². The minimum Gasteiger partial charge on any atom is -0.402 e. The topological polar surface area (TPSA) is 112 Å². The van der Waals surface area contributed by atoms with E-state index in [0.29, 0.717) is 42.1 Å². The van der Waals surface area contributed by atoms with Crippen LogP contribution in [0.3, 0.4) is 0 Å². The first kappa shape index (κ1) is 22.6. The number of aliphatic imine (C=N–C) groups is 1. The molecule has 1 amide bonds. The molecular formula is C22H26FN6O+. The number of quaternary nitrogens is 1. The number of amides is 1. The van der Waals surface area contributed by atoms with Crippen LogP contribution < -0.4 is 11.2 Å². The Hall–Kier alpha value is -3.65. The molecule has 30 heavy (non-hydrogen) atoms. The number of rotatable bonds is 10. The number of benzene rings is 2. The number of nitrogens with zero attached hydrogens (tertiary/aromatic N) is 3. The summed E-state index contributed by atoms with van der Waals surface area (Å²) < 4.78 is 12.9. The van der Waals surface area contributed by atoms with Crippen molar-refractivity contribution in [2.45, 2.75) is 13.3 Å². The van der Waals surface area contributed by atoms with E-state index < -0.39 is 0 Å². The Morgan fingerprint density at radius 2 is 1.93 bits per heavy atom. The van der Waals surface area contributed by atoms with Crippen molar-refractivity contribution >= 4 is 35.9 Å². The fourth-order valence-corrected chi connectivity index (χ4v) is 2.64. The van der Waals surface area contributed by atoms with Crippen LogP contribution in [-0.2, 0) is 0 Å². The van der Waals surface area contributed by atoms with Gasteiger partial charge in [0.25, 0.3) is 5.91 Å². The highest BCUT2D eigenvalue weighted by molar-refractivity contribution is 6.14. The van der Waals surface area contributed by atoms with Gasteiger partial charge in [0.2, 0.25) is 0 Å². The Morgan fingerprint density at radius 1 is 1.20 bits per heavy atom. The summed E-state index contributed by atoms with van der Waals surface area (Å²) in [7, 11) is 0. The molecule has 0 aliphatic heterocycles. The molecule has 0 aliphatic rings. The van der Waals surface area contributed by atoms with E-state index >= 15 is 0 Å². The molecule has 0 radical (unpaired) electrons. The second kappa shape index (κ2) is 12.0. The van der Waals surface area contributed by atoms with E-state index in [0.717, 1.165) is 6.21 Å². The van der Waals surface area contributed by atoms with Gasteiger partial charge in [-0.2, -0.15) is 5.43 Å². The minimum absolute atomic E-state index is 0.109. The fourth-order valence-electron chi connectivity index (χ4n) is 2.64. The molecule has 0 saturated carbocycles. The summed E-state index contributed by atoms with van der Waals surface area (Å²) in [6.07, 6.45) is 6.15. The predicted octanol–water partition coefficient (Wildman–Crippen LogP) is 2.75. The Balaban J connectivity index is 1.99. The van der Waals surface area contributed by atoms with Gasteiger partial charge in [0.05, 0.1) is 5.69 Å². The van der Waals surface area contributed by atoms with Crippen LogP contribution in [0.2, 0.25) is 0 Å².